The maximum atomic E-state index is 11.6. The summed E-state index contributed by atoms with van der Waals surface area (Å²) in [5.74, 6) is 1.65. The van der Waals surface area contributed by atoms with E-state index in [4.69, 9.17) is 5.73 Å². The molecule has 1 aliphatic rings. The predicted molar refractivity (Wildman–Crippen MR) is 67.0 cm³/mol. The van der Waals surface area contributed by atoms with E-state index < -0.39 is 0 Å². The third-order valence-electron chi connectivity index (χ3n) is 3.31. The van der Waals surface area contributed by atoms with Crippen LogP contribution in [0.3, 0.4) is 0 Å². The lowest BCUT2D eigenvalue weighted by Crippen LogP contribution is -2.32. The second-order valence-electron chi connectivity index (χ2n) is 5.37. The van der Waals surface area contributed by atoms with E-state index in [1.165, 1.54) is 12.8 Å². The molecule has 3 heteroatoms. The molecule has 0 heterocycles. The molecule has 94 valence electrons. The molecular weight excluding hydrogens is 200 g/mol. The highest BCUT2D eigenvalue weighted by atomic mass is 16.1. The van der Waals surface area contributed by atoms with E-state index in [-0.39, 0.29) is 5.91 Å². The van der Waals surface area contributed by atoms with Crippen LogP contribution in [0.15, 0.2) is 0 Å². The lowest BCUT2D eigenvalue weighted by molar-refractivity contribution is -0.122. The summed E-state index contributed by atoms with van der Waals surface area (Å²) in [4.78, 5) is 11.6. The van der Waals surface area contributed by atoms with Crippen LogP contribution in [0.5, 0.6) is 0 Å². The molecule has 0 aliphatic heterocycles. The van der Waals surface area contributed by atoms with Gasteiger partial charge in [-0.2, -0.15) is 0 Å². The van der Waals surface area contributed by atoms with Crippen molar-refractivity contribution in [3.05, 3.63) is 0 Å². The average molecular weight is 226 g/mol. The molecule has 1 rings (SSSR count). The zero-order valence-electron chi connectivity index (χ0n) is 10.7. The smallest absolute Gasteiger partial charge is 0.220 e. The Morgan fingerprint density at radius 1 is 1.38 bits per heavy atom. The van der Waals surface area contributed by atoms with E-state index in [1.807, 2.05) is 0 Å². The maximum Gasteiger partial charge on any atom is 0.220 e. The molecule has 16 heavy (non-hydrogen) atoms. The van der Waals surface area contributed by atoms with E-state index in [0.29, 0.717) is 18.4 Å². The van der Waals surface area contributed by atoms with Crippen LogP contribution in [-0.4, -0.2) is 18.5 Å². The summed E-state index contributed by atoms with van der Waals surface area (Å²) >= 11 is 0. The lowest BCUT2D eigenvalue weighted by atomic mass is 10.0. The Hall–Kier alpha value is -0.570. The number of hydrogen-bond donors (Lipinski definition) is 2. The number of carbonyl (C=O) groups is 1. The zero-order valence-corrected chi connectivity index (χ0v) is 10.7. The van der Waals surface area contributed by atoms with Crippen LogP contribution in [0.1, 0.15) is 52.4 Å². The SMILES string of the molecule is CC(CCN)CCC(=O)NC(C)CC1CC1. The molecule has 0 aromatic rings. The average Bonchev–Trinajstić information content (AvgIpc) is 2.99. The standard InChI is InChI=1S/C13H26N2O/c1-10(7-8-14)3-6-13(16)15-11(2)9-12-4-5-12/h10-12H,3-9,14H2,1-2H3,(H,15,16). The number of amides is 1. The Labute approximate surface area is 99.2 Å². The van der Waals surface area contributed by atoms with Crippen molar-refractivity contribution in [1.29, 1.82) is 0 Å². The van der Waals surface area contributed by atoms with Crippen LogP contribution in [0.4, 0.5) is 0 Å². The van der Waals surface area contributed by atoms with Crippen molar-refractivity contribution < 1.29 is 4.79 Å². The van der Waals surface area contributed by atoms with Crippen LogP contribution in [0, 0.1) is 11.8 Å². The summed E-state index contributed by atoms with van der Waals surface area (Å²) in [6, 6.07) is 0.352. The van der Waals surface area contributed by atoms with Crippen molar-refractivity contribution in [3.63, 3.8) is 0 Å². The molecule has 3 N–H and O–H groups in total. The van der Waals surface area contributed by atoms with Gasteiger partial charge in [0.2, 0.25) is 5.91 Å². The van der Waals surface area contributed by atoms with Crippen LogP contribution < -0.4 is 11.1 Å². The second kappa shape index (κ2) is 6.89. The Bertz CT molecular complexity index is 214. The molecule has 0 aromatic carbocycles. The fourth-order valence-electron chi connectivity index (χ4n) is 2.07. The van der Waals surface area contributed by atoms with Crippen molar-refractivity contribution in [2.24, 2.45) is 17.6 Å². The molecule has 2 unspecified atom stereocenters. The van der Waals surface area contributed by atoms with Crippen LogP contribution in [0.25, 0.3) is 0 Å². The van der Waals surface area contributed by atoms with E-state index in [2.05, 4.69) is 19.2 Å². The van der Waals surface area contributed by atoms with Gasteiger partial charge in [0.1, 0.15) is 0 Å². The van der Waals surface area contributed by atoms with Crippen molar-refractivity contribution >= 4 is 5.91 Å². The summed E-state index contributed by atoms with van der Waals surface area (Å²) in [7, 11) is 0. The molecule has 0 radical (unpaired) electrons. The minimum atomic E-state index is 0.206. The first-order chi connectivity index (χ1) is 7.61. The van der Waals surface area contributed by atoms with Gasteiger partial charge in [-0.05, 0) is 44.6 Å². The number of nitrogens with two attached hydrogens (primary N) is 1. The van der Waals surface area contributed by atoms with Crippen LogP contribution in [0.2, 0.25) is 0 Å². The molecule has 0 spiro atoms. The largest absolute Gasteiger partial charge is 0.354 e. The van der Waals surface area contributed by atoms with E-state index in [1.54, 1.807) is 0 Å². The molecule has 3 nitrogen and oxygen atoms in total. The monoisotopic (exact) mass is 226 g/mol. The van der Waals surface area contributed by atoms with Gasteiger partial charge < -0.3 is 11.1 Å². The number of nitrogens with one attached hydrogen (secondary N) is 1. The first-order valence-corrected chi connectivity index (χ1v) is 6.61. The van der Waals surface area contributed by atoms with Gasteiger partial charge in [-0.1, -0.05) is 19.8 Å². The van der Waals surface area contributed by atoms with Gasteiger partial charge in [0.15, 0.2) is 0 Å². The molecular formula is C13H26N2O. The normalized spacial score (nSPS) is 19.2. The minimum Gasteiger partial charge on any atom is -0.354 e. The molecule has 0 aromatic heterocycles. The topological polar surface area (TPSA) is 55.1 Å². The summed E-state index contributed by atoms with van der Waals surface area (Å²) < 4.78 is 0. The first-order valence-electron chi connectivity index (χ1n) is 6.61. The van der Waals surface area contributed by atoms with Crippen molar-refractivity contribution in [2.75, 3.05) is 6.54 Å². The highest BCUT2D eigenvalue weighted by Gasteiger charge is 2.24. The summed E-state index contributed by atoms with van der Waals surface area (Å²) in [5.41, 5.74) is 5.48. The van der Waals surface area contributed by atoms with Gasteiger partial charge in [0.25, 0.3) is 0 Å². The number of carbonyl (C=O) groups excluding carboxylic acids is 1. The van der Waals surface area contributed by atoms with E-state index >= 15 is 0 Å². The third-order valence-corrected chi connectivity index (χ3v) is 3.31. The predicted octanol–water partition coefficient (Wildman–Crippen LogP) is 2.06. The van der Waals surface area contributed by atoms with Crippen LogP contribution in [-0.2, 0) is 4.79 Å². The van der Waals surface area contributed by atoms with Gasteiger partial charge in [0.05, 0.1) is 0 Å². The first kappa shape index (κ1) is 13.5. The Balaban J connectivity index is 2.04. The quantitative estimate of drug-likeness (QED) is 0.665. The van der Waals surface area contributed by atoms with Gasteiger partial charge in [0, 0.05) is 12.5 Å². The molecule has 2 atom stereocenters. The molecule has 1 amide bonds. The fourth-order valence-corrected chi connectivity index (χ4v) is 2.07. The fraction of sp³-hybridized carbons (Fsp3) is 0.923. The van der Waals surface area contributed by atoms with Crippen molar-refractivity contribution in [3.8, 4) is 0 Å². The number of rotatable bonds is 8. The number of hydrogen-bond acceptors (Lipinski definition) is 2. The van der Waals surface area contributed by atoms with E-state index in [0.717, 1.165) is 31.7 Å². The highest BCUT2D eigenvalue weighted by molar-refractivity contribution is 5.76. The Kier molecular flexibility index (Phi) is 5.81. The van der Waals surface area contributed by atoms with Gasteiger partial charge in [-0.25, -0.2) is 0 Å². The minimum absolute atomic E-state index is 0.206. The van der Waals surface area contributed by atoms with Crippen molar-refractivity contribution in [1.82, 2.24) is 5.32 Å². The second-order valence-corrected chi connectivity index (χ2v) is 5.37. The molecule has 0 saturated heterocycles. The van der Waals surface area contributed by atoms with Gasteiger partial charge >= 0.3 is 0 Å². The van der Waals surface area contributed by atoms with Gasteiger partial charge in [-0.3, -0.25) is 4.79 Å². The molecule has 1 saturated carbocycles. The van der Waals surface area contributed by atoms with Crippen molar-refractivity contribution in [2.45, 2.75) is 58.4 Å². The van der Waals surface area contributed by atoms with Crippen LogP contribution >= 0.6 is 0 Å². The maximum absolute atomic E-state index is 11.6. The molecule has 1 fully saturated rings. The zero-order chi connectivity index (χ0) is 12.0. The Morgan fingerprint density at radius 3 is 2.62 bits per heavy atom. The van der Waals surface area contributed by atoms with E-state index in [9.17, 15) is 4.79 Å². The molecule has 0 bridgehead atoms. The third kappa shape index (κ3) is 6.11. The summed E-state index contributed by atoms with van der Waals surface area (Å²) in [6.45, 7) is 4.99. The Morgan fingerprint density at radius 2 is 2.06 bits per heavy atom. The molecule has 1 aliphatic carbocycles. The summed E-state index contributed by atoms with van der Waals surface area (Å²) in [6.07, 6.45) is 6.49. The van der Waals surface area contributed by atoms with Gasteiger partial charge in [-0.15, -0.1) is 0 Å². The highest BCUT2D eigenvalue weighted by Crippen LogP contribution is 2.33. The lowest BCUT2D eigenvalue weighted by Gasteiger charge is -2.14. The summed E-state index contributed by atoms with van der Waals surface area (Å²) in [5, 5.41) is 3.08.